The maximum Gasteiger partial charge on any atom is 0.250 e. The van der Waals surface area contributed by atoms with E-state index in [0.717, 1.165) is 44.7 Å². The molecule has 0 unspecified atom stereocenters. The van der Waals surface area contributed by atoms with Gasteiger partial charge in [-0.2, -0.15) is 0 Å². The van der Waals surface area contributed by atoms with Crippen molar-refractivity contribution in [2.24, 2.45) is 0 Å². The lowest BCUT2D eigenvalue weighted by atomic mass is 9.98. The number of H-pyrrole nitrogens is 1. The molecule has 1 atom stereocenters. The number of hydrogen-bond acceptors (Lipinski definition) is 3. The Labute approximate surface area is 157 Å². The zero-order chi connectivity index (χ0) is 18.5. The van der Waals surface area contributed by atoms with E-state index < -0.39 is 0 Å². The van der Waals surface area contributed by atoms with Crippen LogP contribution in [0.4, 0.5) is 0 Å². The molecule has 3 heterocycles. The molecule has 5 nitrogen and oxygen atoms in total. The predicted molar refractivity (Wildman–Crippen MR) is 103 cm³/mol. The average Bonchev–Trinajstić information content (AvgIpc) is 3.37. The van der Waals surface area contributed by atoms with Crippen LogP contribution in [0.15, 0.2) is 59.8 Å². The molecule has 0 bridgehead atoms. The van der Waals surface area contributed by atoms with Gasteiger partial charge in [0.1, 0.15) is 0 Å². The van der Waals surface area contributed by atoms with E-state index in [9.17, 15) is 4.79 Å². The SMILES string of the molecule is CC1=C(C)[C@H](c2c[nH]c3ccccc23)N(Cc2ccc3c(c2)OCO3)C1=O. The maximum atomic E-state index is 13.0. The average molecular weight is 360 g/mol. The fraction of sp³-hybridized carbons (Fsp3) is 0.227. The number of benzene rings is 2. The molecule has 1 N–H and O–H groups in total. The van der Waals surface area contributed by atoms with Crippen molar-refractivity contribution in [3.63, 3.8) is 0 Å². The molecule has 3 aromatic rings. The first-order valence-corrected chi connectivity index (χ1v) is 9.06. The first-order valence-electron chi connectivity index (χ1n) is 9.06. The minimum atomic E-state index is -0.0703. The molecule has 0 radical (unpaired) electrons. The van der Waals surface area contributed by atoms with Crippen LogP contribution in [-0.4, -0.2) is 22.6 Å². The number of ether oxygens (including phenoxy) is 2. The molecule has 136 valence electrons. The molecule has 2 aromatic carbocycles. The Balaban J connectivity index is 1.55. The summed E-state index contributed by atoms with van der Waals surface area (Å²) in [6, 6.07) is 14.0. The molecule has 0 aliphatic carbocycles. The lowest BCUT2D eigenvalue weighted by molar-refractivity contribution is -0.127. The normalized spacial score (nSPS) is 18.8. The summed E-state index contributed by atoms with van der Waals surface area (Å²) < 4.78 is 10.9. The smallest absolute Gasteiger partial charge is 0.250 e. The summed E-state index contributed by atoms with van der Waals surface area (Å²) in [5, 5.41) is 1.15. The van der Waals surface area contributed by atoms with Crippen molar-refractivity contribution in [2.75, 3.05) is 6.79 Å². The van der Waals surface area contributed by atoms with Gasteiger partial charge < -0.3 is 19.4 Å². The van der Waals surface area contributed by atoms with Crippen LogP contribution >= 0.6 is 0 Å². The number of aromatic amines is 1. The van der Waals surface area contributed by atoms with E-state index in [2.05, 4.69) is 24.0 Å². The number of aromatic nitrogens is 1. The summed E-state index contributed by atoms with van der Waals surface area (Å²) in [7, 11) is 0. The van der Waals surface area contributed by atoms with E-state index in [-0.39, 0.29) is 18.7 Å². The van der Waals surface area contributed by atoms with E-state index in [1.807, 2.05) is 48.4 Å². The van der Waals surface area contributed by atoms with E-state index >= 15 is 0 Å². The third-order valence-electron chi connectivity index (χ3n) is 5.60. The molecule has 0 saturated heterocycles. The minimum Gasteiger partial charge on any atom is -0.454 e. The maximum absolute atomic E-state index is 13.0. The Bertz CT molecular complexity index is 1100. The molecule has 0 saturated carbocycles. The summed E-state index contributed by atoms with van der Waals surface area (Å²) in [4.78, 5) is 18.3. The van der Waals surface area contributed by atoms with Gasteiger partial charge in [0.25, 0.3) is 5.91 Å². The van der Waals surface area contributed by atoms with Crippen molar-refractivity contribution in [2.45, 2.75) is 26.4 Å². The van der Waals surface area contributed by atoms with Crippen molar-refractivity contribution < 1.29 is 14.3 Å². The first-order chi connectivity index (χ1) is 13.1. The van der Waals surface area contributed by atoms with Gasteiger partial charge in [-0.25, -0.2) is 0 Å². The number of rotatable bonds is 3. The van der Waals surface area contributed by atoms with Crippen LogP contribution in [0.2, 0.25) is 0 Å². The van der Waals surface area contributed by atoms with E-state index in [1.165, 1.54) is 0 Å². The van der Waals surface area contributed by atoms with Crippen molar-refractivity contribution in [1.82, 2.24) is 9.88 Å². The first kappa shape index (κ1) is 16.0. The highest BCUT2D eigenvalue weighted by Crippen LogP contribution is 2.42. The lowest BCUT2D eigenvalue weighted by Gasteiger charge is -2.27. The number of fused-ring (bicyclic) bond motifs is 2. The van der Waals surface area contributed by atoms with Gasteiger partial charge in [-0.05, 0) is 43.2 Å². The van der Waals surface area contributed by atoms with E-state index in [4.69, 9.17) is 9.47 Å². The number of carbonyl (C=O) groups is 1. The minimum absolute atomic E-state index is 0.0703. The van der Waals surface area contributed by atoms with Crippen LogP contribution in [0.5, 0.6) is 11.5 Å². The largest absolute Gasteiger partial charge is 0.454 e. The Kier molecular flexibility index (Phi) is 3.50. The van der Waals surface area contributed by atoms with Crippen LogP contribution in [0.3, 0.4) is 0 Å². The molecule has 1 aromatic heterocycles. The van der Waals surface area contributed by atoms with Gasteiger partial charge in [0, 0.05) is 34.8 Å². The van der Waals surface area contributed by atoms with Gasteiger partial charge in [-0.1, -0.05) is 24.3 Å². The summed E-state index contributed by atoms with van der Waals surface area (Å²) in [6.07, 6.45) is 2.03. The number of amides is 1. The number of hydrogen-bond donors (Lipinski definition) is 1. The van der Waals surface area contributed by atoms with E-state index in [0.29, 0.717) is 6.54 Å². The van der Waals surface area contributed by atoms with Crippen molar-refractivity contribution in [3.05, 3.63) is 70.9 Å². The zero-order valence-electron chi connectivity index (χ0n) is 15.3. The lowest BCUT2D eigenvalue weighted by Crippen LogP contribution is -2.29. The third-order valence-corrected chi connectivity index (χ3v) is 5.60. The highest BCUT2D eigenvalue weighted by molar-refractivity contribution is 5.98. The molecule has 5 heteroatoms. The zero-order valence-corrected chi connectivity index (χ0v) is 15.3. The Morgan fingerprint density at radius 3 is 2.81 bits per heavy atom. The van der Waals surface area contributed by atoms with Gasteiger partial charge in [-0.15, -0.1) is 0 Å². The molecule has 0 spiro atoms. The Morgan fingerprint density at radius 1 is 1.11 bits per heavy atom. The van der Waals surface area contributed by atoms with Crippen molar-refractivity contribution >= 4 is 16.8 Å². The van der Waals surface area contributed by atoms with Gasteiger partial charge in [0.05, 0.1) is 6.04 Å². The van der Waals surface area contributed by atoms with Gasteiger partial charge in [-0.3, -0.25) is 4.79 Å². The molecule has 2 aliphatic rings. The topological polar surface area (TPSA) is 54.6 Å². The fourth-order valence-corrected chi connectivity index (χ4v) is 4.06. The monoisotopic (exact) mass is 360 g/mol. The van der Waals surface area contributed by atoms with Gasteiger partial charge >= 0.3 is 0 Å². The fourth-order valence-electron chi connectivity index (χ4n) is 4.06. The molecule has 1 amide bonds. The van der Waals surface area contributed by atoms with Crippen molar-refractivity contribution in [1.29, 1.82) is 0 Å². The number of para-hydroxylation sites is 1. The second-order valence-corrected chi connectivity index (χ2v) is 7.12. The van der Waals surface area contributed by atoms with Crippen LogP contribution < -0.4 is 9.47 Å². The van der Waals surface area contributed by atoms with Crippen LogP contribution in [0, 0.1) is 0 Å². The predicted octanol–water partition coefficient (Wildman–Crippen LogP) is 4.32. The van der Waals surface area contributed by atoms with E-state index in [1.54, 1.807) is 0 Å². The molecule has 2 aliphatic heterocycles. The molecule has 27 heavy (non-hydrogen) atoms. The summed E-state index contributed by atoms with van der Waals surface area (Å²) in [5.41, 5.74) is 5.17. The summed E-state index contributed by atoms with van der Waals surface area (Å²) in [5.74, 6) is 1.58. The molecular formula is C22H20N2O3. The summed E-state index contributed by atoms with van der Waals surface area (Å²) >= 11 is 0. The van der Waals surface area contributed by atoms with Crippen molar-refractivity contribution in [3.8, 4) is 11.5 Å². The Hall–Kier alpha value is -3.21. The quantitative estimate of drug-likeness (QED) is 0.757. The number of nitrogens with one attached hydrogen (secondary N) is 1. The summed E-state index contributed by atoms with van der Waals surface area (Å²) in [6.45, 7) is 4.74. The highest BCUT2D eigenvalue weighted by atomic mass is 16.7. The molecular weight excluding hydrogens is 340 g/mol. The number of carbonyl (C=O) groups excluding carboxylic acids is 1. The second-order valence-electron chi connectivity index (χ2n) is 7.12. The van der Waals surface area contributed by atoms with Gasteiger partial charge in [0.2, 0.25) is 6.79 Å². The molecule has 5 rings (SSSR count). The number of nitrogens with zero attached hydrogens (tertiary/aromatic N) is 1. The Morgan fingerprint density at radius 2 is 1.93 bits per heavy atom. The van der Waals surface area contributed by atoms with Crippen LogP contribution in [0.25, 0.3) is 10.9 Å². The second kappa shape index (κ2) is 5.91. The molecule has 0 fully saturated rings. The highest BCUT2D eigenvalue weighted by Gasteiger charge is 2.37. The van der Waals surface area contributed by atoms with Crippen LogP contribution in [-0.2, 0) is 11.3 Å². The van der Waals surface area contributed by atoms with Gasteiger partial charge in [0.15, 0.2) is 11.5 Å². The third kappa shape index (κ3) is 2.42. The van der Waals surface area contributed by atoms with Crippen LogP contribution in [0.1, 0.15) is 31.0 Å². The standard InChI is InChI=1S/C22H20N2O3/c1-13-14(2)22(25)24(11-15-7-8-19-20(9-15)27-12-26-19)21(13)17-10-23-18-6-4-3-5-16(17)18/h3-10,21,23H,11-12H2,1-2H3/t21-/m1/s1.